The molecule has 47 valence electrons. The number of ether oxygens (including phenoxy) is 1. The Labute approximate surface area is 50.4 Å². The number of morpholine rings is 1. The highest BCUT2D eigenvalue weighted by atomic mass is 16.5. The van der Waals surface area contributed by atoms with E-state index in [1.807, 2.05) is 0 Å². The molecule has 1 unspecified atom stereocenters. The van der Waals surface area contributed by atoms with Crippen LogP contribution in [0, 0.1) is 0 Å². The topological polar surface area (TPSA) is 15.1 Å². The fraction of sp³-hybridized carbons (Fsp3) is 1.00. The van der Waals surface area contributed by atoms with Crippen LogP contribution in [0.25, 0.3) is 0 Å². The van der Waals surface area contributed by atoms with Gasteiger partial charge in [-0.25, -0.2) is 0 Å². The van der Waals surface area contributed by atoms with Gasteiger partial charge in [-0.05, 0) is 6.92 Å². The summed E-state index contributed by atoms with van der Waals surface area (Å²) in [4.78, 5) is 2.29. The summed E-state index contributed by atoms with van der Waals surface area (Å²) in [5, 5.41) is 0. The van der Waals surface area contributed by atoms with E-state index in [1.54, 1.807) is 0 Å². The van der Waals surface area contributed by atoms with E-state index in [-0.39, 0.29) is 0 Å². The Bertz CT molecular complexity index is 66.9. The summed E-state index contributed by atoms with van der Waals surface area (Å²) in [7, 11) is 2.12. The molecule has 1 rings (SSSR count). The molecule has 2 heteroatoms. The number of hydrogen-bond donors (Lipinski definition) is 0. The summed E-state index contributed by atoms with van der Waals surface area (Å²) in [6.07, 6.45) is 0.439. The molecule has 0 spiro atoms. The average Bonchev–Trinajstić information content (AvgIpc) is 1.64. The zero-order valence-corrected chi connectivity index (χ0v) is 5.55. The minimum atomic E-state index is 0.439. The molecule has 0 N–H and O–H groups in total. The predicted octanol–water partition coefficient (Wildman–Crippen LogP) is 0.175. The normalized spacial score (nSPS) is 33.0. The number of likely N-dealkylation sites (N-methyl/N-ethyl adjacent to an activating group) is 1. The lowest BCUT2D eigenvalue weighted by molar-refractivity contribution is 0.0189. The van der Waals surface area contributed by atoms with Crippen LogP contribution in [0.1, 0.15) is 6.92 Å². The minimum absolute atomic E-state index is 0.439. The maximum Gasteiger partial charge on any atom is 0.148 e. The van der Waals surface area contributed by atoms with Crippen LogP contribution in [-0.2, 0) is 4.74 Å². The minimum Gasteiger partial charge on any atom is -0.366 e. The van der Waals surface area contributed by atoms with Crippen molar-refractivity contribution in [1.29, 1.82) is 0 Å². The van der Waals surface area contributed by atoms with Crippen LogP contribution in [0.15, 0.2) is 0 Å². The van der Waals surface area contributed by atoms with E-state index in [9.17, 15) is 0 Å². The van der Waals surface area contributed by atoms with Crippen molar-refractivity contribution in [1.82, 2.24) is 4.90 Å². The van der Waals surface area contributed by atoms with Crippen molar-refractivity contribution >= 4 is 0 Å². The van der Waals surface area contributed by atoms with Crippen molar-refractivity contribution in [2.45, 2.75) is 13.0 Å². The van der Waals surface area contributed by atoms with Gasteiger partial charge in [0.2, 0.25) is 0 Å². The van der Waals surface area contributed by atoms with Crippen LogP contribution < -0.4 is 4.90 Å². The lowest BCUT2D eigenvalue weighted by atomic mass is 10.3. The molecule has 2 nitrogen and oxygen atoms in total. The van der Waals surface area contributed by atoms with E-state index >= 15 is 0 Å². The van der Waals surface area contributed by atoms with E-state index < -0.39 is 0 Å². The molecule has 8 heavy (non-hydrogen) atoms. The van der Waals surface area contributed by atoms with Crippen LogP contribution in [0.4, 0.5) is 0 Å². The van der Waals surface area contributed by atoms with Gasteiger partial charge in [-0.3, -0.25) is 0 Å². The largest absolute Gasteiger partial charge is 0.366 e. The second kappa shape index (κ2) is 2.46. The van der Waals surface area contributed by atoms with Gasteiger partial charge >= 0.3 is 0 Å². The summed E-state index contributed by atoms with van der Waals surface area (Å²) >= 11 is 0. The molecule has 0 aromatic rings. The monoisotopic (exact) mass is 115 g/mol. The first-order valence-corrected chi connectivity index (χ1v) is 3.09. The summed E-state index contributed by atoms with van der Waals surface area (Å²) < 4.78 is 5.31. The number of nitrogens with zero attached hydrogens (tertiary/aromatic N) is 1. The third kappa shape index (κ3) is 1.46. The van der Waals surface area contributed by atoms with Gasteiger partial charge in [-0.1, -0.05) is 0 Å². The fourth-order valence-corrected chi connectivity index (χ4v) is 0.993. The van der Waals surface area contributed by atoms with Crippen molar-refractivity contribution in [2.75, 3.05) is 26.7 Å². The third-order valence-corrected chi connectivity index (χ3v) is 1.44. The average molecular weight is 115 g/mol. The molecule has 0 bridgehead atoms. The zero-order chi connectivity index (χ0) is 5.98. The summed E-state index contributed by atoms with van der Waals surface area (Å²) in [6, 6.07) is 0. The van der Waals surface area contributed by atoms with E-state index in [1.165, 1.54) is 0 Å². The van der Waals surface area contributed by atoms with Crippen LogP contribution in [0.5, 0.6) is 0 Å². The van der Waals surface area contributed by atoms with E-state index in [0.29, 0.717) is 6.10 Å². The van der Waals surface area contributed by atoms with Gasteiger partial charge in [0.25, 0.3) is 0 Å². The smallest absolute Gasteiger partial charge is 0.148 e. The Balaban J connectivity index is 2.23. The van der Waals surface area contributed by atoms with Crippen molar-refractivity contribution in [2.24, 2.45) is 0 Å². The van der Waals surface area contributed by atoms with Crippen LogP contribution in [0.3, 0.4) is 0 Å². The fourth-order valence-electron chi connectivity index (χ4n) is 0.993. The number of rotatable bonds is 0. The first-order valence-electron chi connectivity index (χ1n) is 3.09. The van der Waals surface area contributed by atoms with Crippen molar-refractivity contribution in [3.63, 3.8) is 0 Å². The Hall–Kier alpha value is -0.0800. The quantitative estimate of drug-likeness (QED) is 0.411. The van der Waals surface area contributed by atoms with Crippen molar-refractivity contribution in [3.8, 4) is 0 Å². The Morgan fingerprint density at radius 1 is 1.62 bits per heavy atom. The third-order valence-electron chi connectivity index (χ3n) is 1.44. The lowest BCUT2D eigenvalue weighted by Crippen LogP contribution is -2.42. The molecule has 1 aliphatic heterocycles. The van der Waals surface area contributed by atoms with Gasteiger partial charge in [-0.2, -0.15) is 4.90 Å². The second-order valence-corrected chi connectivity index (χ2v) is 2.44. The standard InChI is InChI=1S/C6H13NO/c1-6-5-7(2)3-4-8-6/h6H,3-5H2,1-2H3/q+1. The summed E-state index contributed by atoms with van der Waals surface area (Å²) in [5.41, 5.74) is 0. The first-order chi connectivity index (χ1) is 3.79. The molecule has 1 radical (unpaired) electrons. The molecule has 0 aromatic heterocycles. The van der Waals surface area contributed by atoms with Gasteiger partial charge in [0.05, 0.1) is 0 Å². The molecular weight excluding hydrogens is 102 g/mol. The molecule has 0 saturated carbocycles. The predicted molar refractivity (Wildman–Crippen MR) is 33.2 cm³/mol. The SMILES string of the molecule is CC1C[N+](C)CCO1. The van der Waals surface area contributed by atoms with Crippen molar-refractivity contribution < 1.29 is 4.74 Å². The van der Waals surface area contributed by atoms with Crippen molar-refractivity contribution in [3.05, 3.63) is 0 Å². The van der Waals surface area contributed by atoms with E-state index in [0.717, 1.165) is 19.7 Å². The summed E-state index contributed by atoms with van der Waals surface area (Å²) in [6.45, 7) is 5.18. The molecule has 0 aliphatic carbocycles. The highest BCUT2D eigenvalue weighted by Gasteiger charge is 2.19. The second-order valence-electron chi connectivity index (χ2n) is 2.44. The highest BCUT2D eigenvalue weighted by Crippen LogP contribution is 1.97. The Morgan fingerprint density at radius 3 is 2.75 bits per heavy atom. The highest BCUT2D eigenvalue weighted by molar-refractivity contribution is 4.67. The molecule has 1 saturated heterocycles. The molecular formula is C6H13NO+. The molecule has 1 fully saturated rings. The maximum atomic E-state index is 5.31. The van der Waals surface area contributed by atoms with Crippen LogP contribution in [0.2, 0.25) is 0 Å². The van der Waals surface area contributed by atoms with Gasteiger partial charge in [0, 0.05) is 0 Å². The summed E-state index contributed by atoms with van der Waals surface area (Å²) in [5.74, 6) is 0. The molecule has 1 heterocycles. The molecule has 1 atom stereocenters. The Morgan fingerprint density at radius 2 is 2.38 bits per heavy atom. The molecule has 1 aliphatic rings. The van der Waals surface area contributed by atoms with Gasteiger partial charge < -0.3 is 4.74 Å². The van der Waals surface area contributed by atoms with E-state index in [4.69, 9.17) is 4.74 Å². The van der Waals surface area contributed by atoms with Gasteiger partial charge in [-0.15, -0.1) is 0 Å². The molecule has 0 aromatic carbocycles. The lowest BCUT2D eigenvalue weighted by Gasteiger charge is -2.19. The Kier molecular flexibility index (Phi) is 1.86. The number of hydrogen-bond acceptors (Lipinski definition) is 2. The molecule has 0 amide bonds. The first kappa shape index (κ1) is 6.05. The zero-order valence-electron chi connectivity index (χ0n) is 5.55. The van der Waals surface area contributed by atoms with Crippen LogP contribution in [-0.4, -0.2) is 32.8 Å². The van der Waals surface area contributed by atoms with E-state index in [2.05, 4.69) is 18.9 Å². The van der Waals surface area contributed by atoms with Gasteiger partial charge in [0.1, 0.15) is 32.8 Å². The van der Waals surface area contributed by atoms with Gasteiger partial charge in [0.15, 0.2) is 0 Å². The maximum absolute atomic E-state index is 5.31. The van der Waals surface area contributed by atoms with Crippen LogP contribution >= 0.6 is 0 Å².